The summed E-state index contributed by atoms with van der Waals surface area (Å²) >= 11 is 0. The fourth-order valence-electron chi connectivity index (χ4n) is 3.49. The monoisotopic (exact) mass is 339 g/mol. The molecule has 1 aromatic carbocycles. The van der Waals surface area contributed by atoms with Crippen LogP contribution in [-0.4, -0.2) is 48.8 Å². The van der Waals surface area contributed by atoms with Crippen LogP contribution < -0.4 is 5.56 Å². The standard InChI is InChI=1S/C18H21N5O2/c1-21-18(25)17-15(8-19-21)9-20-23(17)12-16(24)11-22-7-6-13-4-2-3-5-14(13)10-22/h2-5,8-9,16,24H,6-7,10-12H2,1H3/t16-/m0/s1. The van der Waals surface area contributed by atoms with Gasteiger partial charge < -0.3 is 5.11 Å². The van der Waals surface area contributed by atoms with Crippen LogP contribution in [0.25, 0.3) is 10.9 Å². The van der Waals surface area contributed by atoms with Gasteiger partial charge >= 0.3 is 0 Å². The summed E-state index contributed by atoms with van der Waals surface area (Å²) < 4.78 is 2.87. The second kappa shape index (κ2) is 6.42. The molecule has 130 valence electrons. The third-order valence-corrected chi connectivity index (χ3v) is 4.80. The molecule has 7 heteroatoms. The highest BCUT2D eigenvalue weighted by Crippen LogP contribution is 2.18. The molecular formula is C18H21N5O2. The average molecular weight is 339 g/mol. The van der Waals surface area contributed by atoms with Crippen LogP contribution in [0.3, 0.4) is 0 Å². The second-order valence-corrected chi connectivity index (χ2v) is 6.61. The molecule has 25 heavy (non-hydrogen) atoms. The maximum absolute atomic E-state index is 12.3. The number of nitrogens with zero attached hydrogens (tertiary/aromatic N) is 5. The van der Waals surface area contributed by atoms with Gasteiger partial charge in [0.05, 0.1) is 25.0 Å². The van der Waals surface area contributed by atoms with E-state index in [4.69, 9.17) is 0 Å². The van der Waals surface area contributed by atoms with Crippen LogP contribution in [0.1, 0.15) is 11.1 Å². The van der Waals surface area contributed by atoms with Crippen molar-refractivity contribution in [3.05, 3.63) is 58.1 Å². The molecule has 0 amide bonds. The van der Waals surface area contributed by atoms with Crippen molar-refractivity contribution in [1.29, 1.82) is 0 Å². The minimum absolute atomic E-state index is 0.200. The molecule has 0 unspecified atom stereocenters. The van der Waals surface area contributed by atoms with Gasteiger partial charge in [-0.2, -0.15) is 10.2 Å². The molecule has 0 spiro atoms. The van der Waals surface area contributed by atoms with E-state index in [0.29, 0.717) is 24.0 Å². The van der Waals surface area contributed by atoms with Gasteiger partial charge in [0.1, 0.15) is 5.52 Å². The van der Waals surface area contributed by atoms with Gasteiger partial charge in [-0.15, -0.1) is 0 Å². The molecule has 0 saturated carbocycles. The largest absolute Gasteiger partial charge is 0.390 e. The van der Waals surface area contributed by atoms with E-state index in [-0.39, 0.29) is 5.56 Å². The normalized spacial score (nSPS) is 16.1. The predicted octanol–water partition coefficient (Wildman–Crippen LogP) is 0.549. The molecule has 1 aliphatic rings. The molecule has 3 heterocycles. The number of benzene rings is 1. The van der Waals surface area contributed by atoms with Crippen LogP contribution in [0, 0.1) is 0 Å². The molecule has 0 fully saturated rings. The summed E-state index contributed by atoms with van der Waals surface area (Å²) in [6.07, 6.45) is 3.65. The van der Waals surface area contributed by atoms with Crippen LogP contribution in [0.2, 0.25) is 0 Å². The Balaban J connectivity index is 1.48. The van der Waals surface area contributed by atoms with Crippen molar-refractivity contribution in [2.75, 3.05) is 13.1 Å². The van der Waals surface area contributed by atoms with Crippen LogP contribution in [0.5, 0.6) is 0 Å². The highest BCUT2D eigenvalue weighted by molar-refractivity contribution is 5.76. The lowest BCUT2D eigenvalue weighted by atomic mass is 10.00. The number of β-amino-alcohol motifs (C(OH)–C–C–N with tert-alkyl or cyclic N) is 1. The molecular weight excluding hydrogens is 318 g/mol. The SMILES string of the molecule is Cn1ncc2cnn(C[C@@H](O)CN3CCc4ccccc4C3)c2c1=O. The third-order valence-electron chi connectivity index (χ3n) is 4.80. The lowest BCUT2D eigenvalue weighted by Crippen LogP contribution is -2.38. The van der Waals surface area contributed by atoms with Crippen LogP contribution in [-0.2, 0) is 26.6 Å². The third kappa shape index (κ3) is 3.08. The summed E-state index contributed by atoms with van der Waals surface area (Å²) in [6, 6.07) is 8.44. The zero-order valence-corrected chi connectivity index (χ0v) is 14.2. The Morgan fingerprint density at radius 3 is 2.76 bits per heavy atom. The first kappa shape index (κ1) is 16.0. The molecule has 3 aromatic rings. The van der Waals surface area contributed by atoms with Gasteiger partial charge in [-0.1, -0.05) is 24.3 Å². The van der Waals surface area contributed by atoms with Gasteiger partial charge in [0, 0.05) is 32.1 Å². The number of hydrogen-bond acceptors (Lipinski definition) is 5. The lowest BCUT2D eigenvalue weighted by Gasteiger charge is -2.30. The van der Waals surface area contributed by atoms with Crippen molar-refractivity contribution in [1.82, 2.24) is 24.5 Å². The number of aromatic nitrogens is 4. The summed E-state index contributed by atoms with van der Waals surface area (Å²) in [4.78, 5) is 14.5. The van der Waals surface area contributed by atoms with Crippen LogP contribution in [0.15, 0.2) is 41.5 Å². The van der Waals surface area contributed by atoms with Crippen molar-refractivity contribution in [3.63, 3.8) is 0 Å². The van der Waals surface area contributed by atoms with E-state index >= 15 is 0 Å². The quantitative estimate of drug-likeness (QED) is 0.751. The van der Waals surface area contributed by atoms with Crippen molar-refractivity contribution in [3.8, 4) is 0 Å². The number of rotatable bonds is 4. The van der Waals surface area contributed by atoms with Crippen LogP contribution in [0.4, 0.5) is 0 Å². The number of hydrogen-bond donors (Lipinski definition) is 1. The fourth-order valence-corrected chi connectivity index (χ4v) is 3.49. The molecule has 1 atom stereocenters. The maximum atomic E-state index is 12.3. The molecule has 0 bridgehead atoms. The van der Waals surface area contributed by atoms with Crippen molar-refractivity contribution >= 4 is 10.9 Å². The Kier molecular flexibility index (Phi) is 4.10. The van der Waals surface area contributed by atoms with Crippen LogP contribution >= 0.6 is 0 Å². The highest BCUT2D eigenvalue weighted by Gasteiger charge is 2.20. The molecule has 1 N–H and O–H groups in total. The lowest BCUT2D eigenvalue weighted by molar-refractivity contribution is 0.0899. The Morgan fingerprint density at radius 2 is 1.92 bits per heavy atom. The number of aliphatic hydroxyl groups excluding tert-OH is 1. The minimum Gasteiger partial charge on any atom is -0.390 e. The number of aliphatic hydroxyl groups is 1. The van der Waals surface area contributed by atoms with Gasteiger partial charge in [0.2, 0.25) is 0 Å². The van der Waals surface area contributed by atoms with E-state index in [0.717, 1.165) is 19.5 Å². The van der Waals surface area contributed by atoms with Gasteiger partial charge in [0.25, 0.3) is 5.56 Å². The zero-order chi connectivity index (χ0) is 17.4. The van der Waals surface area contributed by atoms with E-state index in [9.17, 15) is 9.90 Å². The molecule has 0 saturated heterocycles. The second-order valence-electron chi connectivity index (χ2n) is 6.61. The Morgan fingerprint density at radius 1 is 1.16 bits per heavy atom. The first-order valence-electron chi connectivity index (χ1n) is 8.47. The van der Waals surface area contributed by atoms with E-state index in [1.165, 1.54) is 15.8 Å². The fraction of sp³-hybridized carbons (Fsp3) is 0.389. The molecule has 4 rings (SSSR count). The smallest absolute Gasteiger partial charge is 0.292 e. The summed E-state index contributed by atoms with van der Waals surface area (Å²) in [5.74, 6) is 0. The topological polar surface area (TPSA) is 76.2 Å². The van der Waals surface area contributed by atoms with Gasteiger partial charge in [-0.25, -0.2) is 4.68 Å². The average Bonchev–Trinajstić information content (AvgIpc) is 3.01. The molecule has 7 nitrogen and oxygen atoms in total. The minimum atomic E-state index is -0.591. The molecule has 0 aliphatic carbocycles. The summed E-state index contributed by atoms with van der Waals surface area (Å²) in [5, 5.41) is 19.5. The van der Waals surface area contributed by atoms with E-state index in [1.807, 2.05) is 0 Å². The van der Waals surface area contributed by atoms with Gasteiger partial charge in [-0.3, -0.25) is 14.4 Å². The first-order valence-corrected chi connectivity index (χ1v) is 8.47. The Labute approximate surface area is 145 Å². The van der Waals surface area contributed by atoms with Gasteiger partial charge in [-0.05, 0) is 17.5 Å². The van der Waals surface area contributed by atoms with Crippen molar-refractivity contribution in [2.24, 2.45) is 7.05 Å². The molecule has 2 aromatic heterocycles. The van der Waals surface area contributed by atoms with Gasteiger partial charge in [0.15, 0.2) is 0 Å². The van der Waals surface area contributed by atoms with E-state index < -0.39 is 6.10 Å². The Hall–Kier alpha value is -2.51. The molecule has 0 radical (unpaired) electrons. The summed E-state index contributed by atoms with van der Waals surface area (Å²) in [7, 11) is 1.61. The number of fused-ring (bicyclic) bond motifs is 2. The van der Waals surface area contributed by atoms with Crippen molar-refractivity contribution in [2.45, 2.75) is 25.6 Å². The maximum Gasteiger partial charge on any atom is 0.292 e. The summed E-state index contributed by atoms with van der Waals surface area (Å²) in [6.45, 7) is 2.63. The van der Waals surface area contributed by atoms with E-state index in [2.05, 4.69) is 39.4 Å². The predicted molar refractivity (Wildman–Crippen MR) is 94.2 cm³/mol. The Bertz CT molecular complexity index is 961. The number of aryl methyl sites for hydroxylation is 1. The molecule has 1 aliphatic heterocycles. The zero-order valence-electron chi connectivity index (χ0n) is 14.2. The van der Waals surface area contributed by atoms with E-state index in [1.54, 1.807) is 24.1 Å². The summed E-state index contributed by atoms with van der Waals surface area (Å²) in [5.41, 5.74) is 3.00. The highest BCUT2D eigenvalue weighted by atomic mass is 16.3. The van der Waals surface area contributed by atoms with Crippen molar-refractivity contribution < 1.29 is 5.11 Å². The first-order chi connectivity index (χ1) is 12.1.